The number of primary sulfonamides is 1. The molecular weight excluding hydrogens is 381 g/mol. The molecule has 0 fully saturated rings. The van der Waals surface area contributed by atoms with E-state index in [0.29, 0.717) is 0 Å². The van der Waals surface area contributed by atoms with Crippen LogP contribution in [0, 0.1) is 3.57 Å². The minimum Gasteiger partial charge on any atom is -0.462 e. The predicted octanol–water partition coefficient (Wildman–Crippen LogP) is 1.77. The number of carbonyl (C=O) groups excluding carboxylic acids is 1. The second-order valence-corrected chi connectivity index (χ2v) is 6.08. The summed E-state index contributed by atoms with van der Waals surface area (Å²) in [6, 6.07) is 2.54. The smallest absolute Gasteiger partial charge is 0.339 e. The first-order chi connectivity index (χ1) is 7.77. The van der Waals surface area contributed by atoms with Crippen LogP contribution in [0.5, 0.6) is 0 Å². The van der Waals surface area contributed by atoms with Crippen molar-refractivity contribution in [3.8, 4) is 0 Å². The van der Waals surface area contributed by atoms with Gasteiger partial charge >= 0.3 is 5.97 Å². The topological polar surface area (TPSA) is 86.5 Å². The van der Waals surface area contributed by atoms with Crippen molar-refractivity contribution in [1.29, 1.82) is 0 Å². The van der Waals surface area contributed by atoms with E-state index >= 15 is 0 Å². The van der Waals surface area contributed by atoms with Gasteiger partial charge in [-0.3, -0.25) is 0 Å². The molecule has 0 heterocycles. The van der Waals surface area contributed by atoms with Crippen LogP contribution in [0.1, 0.15) is 17.3 Å². The third-order valence-corrected chi connectivity index (χ3v) is 4.49. The Hall–Kier alpha value is -0.380. The molecule has 0 amide bonds. The summed E-state index contributed by atoms with van der Waals surface area (Å²) in [5.41, 5.74) is 0.0870. The summed E-state index contributed by atoms with van der Waals surface area (Å²) >= 11 is 7.46. The number of rotatable bonds is 3. The minimum absolute atomic E-state index is 0.0870. The normalized spacial score (nSPS) is 11.3. The molecule has 0 bridgehead atoms. The number of hydrogen-bond donors (Lipinski definition) is 1. The van der Waals surface area contributed by atoms with Crippen LogP contribution in [0.2, 0.25) is 5.02 Å². The summed E-state index contributed by atoms with van der Waals surface area (Å²) in [7, 11) is -3.93. The Morgan fingerprint density at radius 1 is 1.53 bits per heavy atom. The lowest BCUT2D eigenvalue weighted by Crippen LogP contribution is -2.16. The van der Waals surface area contributed by atoms with Crippen molar-refractivity contribution < 1.29 is 17.9 Å². The van der Waals surface area contributed by atoms with Gasteiger partial charge in [0.1, 0.15) is 0 Å². The van der Waals surface area contributed by atoms with Gasteiger partial charge in [0.05, 0.1) is 17.1 Å². The molecule has 0 radical (unpaired) electrons. The van der Waals surface area contributed by atoms with Crippen molar-refractivity contribution in [2.45, 2.75) is 11.8 Å². The zero-order valence-electron chi connectivity index (χ0n) is 8.74. The van der Waals surface area contributed by atoms with E-state index in [4.69, 9.17) is 21.5 Å². The van der Waals surface area contributed by atoms with Crippen molar-refractivity contribution in [3.05, 3.63) is 26.3 Å². The minimum atomic E-state index is -3.93. The number of carbonyl (C=O) groups is 1. The molecule has 0 atom stereocenters. The van der Waals surface area contributed by atoms with Gasteiger partial charge in [-0.05, 0) is 41.6 Å². The number of halogens is 2. The van der Waals surface area contributed by atoms with Crippen molar-refractivity contribution in [3.63, 3.8) is 0 Å². The Labute approximate surface area is 117 Å². The maximum Gasteiger partial charge on any atom is 0.339 e. The zero-order valence-corrected chi connectivity index (χ0v) is 12.5. The first kappa shape index (κ1) is 14.7. The molecule has 0 spiro atoms. The fourth-order valence-corrected chi connectivity index (χ4v) is 3.51. The van der Waals surface area contributed by atoms with Crippen LogP contribution in [-0.2, 0) is 14.8 Å². The number of hydrogen-bond acceptors (Lipinski definition) is 4. The van der Waals surface area contributed by atoms with E-state index in [1.807, 2.05) is 0 Å². The lowest BCUT2D eigenvalue weighted by Gasteiger charge is -2.08. The van der Waals surface area contributed by atoms with Crippen LogP contribution in [0.15, 0.2) is 17.0 Å². The van der Waals surface area contributed by atoms with Gasteiger partial charge in [-0.15, -0.1) is 0 Å². The molecule has 0 unspecified atom stereocenters. The largest absolute Gasteiger partial charge is 0.462 e. The van der Waals surface area contributed by atoms with Gasteiger partial charge in [0.25, 0.3) is 0 Å². The first-order valence-corrected chi connectivity index (χ1v) is 7.46. The molecule has 0 aromatic heterocycles. The lowest BCUT2D eigenvalue weighted by atomic mass is 10.2. The van der Waals surface area contributed by atoms with E-state index < -0.39 is 16.0 Å². The molecule has 2 N–H and O–H groups in total. The number of ether oxygens (including phenoxy) is 1. The molecule has 94 valence electrons. The van der Waals surface area contributed by atoms with Gasteiger partial charge < -0.3 is 4.74 Å². The highest BCUT2D eigenvalue weighted by Gasteiger charge is 2.21. The molecule has 1 rings (SSSR count). The van der Waals surface area contributed by atoms with Gasteiger partial charge in [0.2, 0.25) is 10.0 Å². The van der Waals surface area contributed by atoms with Crippen molar-refractivity contribution in [2.24, 2.45) is 5.14 Å². The summed E-state index contributed by atoms with van der Waals surface area (Å²) in [5, 5.41) is 5.13. The van der Waals surface area contributed by atoms with E-state index in [9.17, 15) is 13.2 Å². The molecular formula is C9H9ClINO4S. The number of esters is 1. The summed E-state index contributed by atoms with van der Waals surface area (Å²) in [5.74, 6) is -0.635. The molecule has 5 nitrogen and oxygen atoms in total. The summed E-state index contributed by atoms with van der Waals surface area (Å²) < 4.78 is 27.6. The van der Waals surface area contributed by atoms with Crippen LogP contribution in [0.4, 0.5) is 0 Å². The van der Waals surface area contributed by atoms with Crippen LogP contribution < -0.4 is 5.14 Å². The van der Waals surface area contributed by atoms with Crippen molar-refractivity contribution >= 4 is 50.2 Å². The molecule has 0 saturated carbocycles. The number of benzene rings is 1. The maximum absolute atomic E-state index is 11.6. The second-order valence-electron chi connectivity index (χ2n) is 3.03. The first-order valence-electron chi connectivity index (χ1n) is 4.46. The maximum atomic E-state index is 11.6. The highest BCUT2D eigenvalue weighted by atomic mass is 127. The quantitative estimate of drug-likeness (QED) is 0.630. The molecule has 1 aromatic carbocycles. The Kier molecular flexibility index (Phi) is 4.76. The number of sulfonamides is 1. The summed E-state index contributed by atoms with van der Waals surface area (Å²) in [6.07, 6.45) is 0. The Morgan fingerprint density at radius 3 is 2.59 bits per heavy atom. The van der Waals surface area contributed by atoms with E-state index in [0.717, 1.165) is 0 Å². The SMILES string of the molecule is CCOC(=O)c1cc(Cl)cc(S(N)(=O)=O)c1I. The summed E-state index contributed by atoms with van der Waals surface area (Å²) in [6.45, 7) is 1.84. The molecule has 0 saturated heterocycles. The third-order valence-electron chi connectivity index (χ3n) is 1.81. The average Bonchev–Trinajstić information content (AvgIpc) is 2.19. The molecule has 8 heteroatoms. The van der Waals surface area contributed by atoms with E-state index in [1.54, 1.807) is 29.5 Å². The van der Waals surface area contributed by atoms with Gasteiger partial charge in [0.15, 0.2) is 0 Å². The fourth-order valence-electron chi connectivity index (χ4n) is 1.13. The van der Waals surface area contributed by atoms with E-state index in [2.05, 4.69) is 0 Å². The Morgan fingerprint density at radius 2 is 2.12 bits per heavy atom. The highest BCUT2D eigenvalue weighted by Crippen LogP contribution is 2.26. The monoisotopic (exact) mass is 389 g/mol. The third kappa shape index (κ3) is 3.54. The fraction of sp³-hybridized carbons (Fsp3) is 0.222. The van der Waals surface area contributed by atoms with Gasteiger partial charge in [-0.2, -0.15) is 0 Å². The van der Waals surface area contributed by atoms with Gasteiger partial charge in [-0.25, -0.2) is 18.4 Å². The molecule has 0 aliphatic carbocycles. The Bertz CT molecular complexity index is 558. The standard InChI is InChI=1S/C9H9ClINO4S/c1-2-16-9(13)6-3-5(10)4-7(8(6)11)17(12,14)15/h3-4H,2H2,1H3,(H2,12,14,15). The molecule has 17 heavy (non-hydrogen) atoms. The van der Waals surface area contributed by atoms with Crippen molar-refractivity contribution in [2.75, 3.05) is 6.61 Å². The van der Waals surface area contributed by atoms with E-state index in [-0.39, 0.29) is 25.7 Å². The second kappa shape index (κ2) is 5.51. The van der Waals surface area contributed by atoms with Crippen LogP contribution in [0.25, 0.3) is 0 Å². The Balaban J connectivity index is 3.44. The van der Waals surface area contributed by atoms with Crippen LogP contribution in [0.3, 0.4) is 0 Å². The van der Waals surface area contributed by atoms with Crippen LogP contribution >= 0.6 is 34.2 Å². The van der Waals surface area contributed by atoms with Crippen molar-refractivity contribution in [1.82, 2.24) is 0 Å². The summed E-state index contributed by atoms with van der Waals surface area (Å²) in [4.78, 5) is 11.4. The van der Waals surface area contributed by atoms with Gasteiger partial charge in [0, 0.05) is 8.59 Å². The zero-order chi connectivity index (χ0) is 13.2. The molecule has 0 aliphatic heterocycles. The average molecular weight is 390 g/mol. The highest BCUT2D eigenvalue weighted by molar-refractivity contribution is 14.1. The van der Waals surface area contributed by atoms with Crippen LogP contribution in [-0.4, -0.2) is 21.0 Å². The molecule has 1 aromatic rings. The van der Waals surface area contributed by atoms with E-state index in [1.165, 1.54) is 12.1 Å². The molecule has 0 aliphatic rings. The lowest BCUT2D eigenvalue weighted by molar-refractivity contribution is 0.0524. The van der Waals surface area contributed by atoms with Gasteiger partial charge in [-0.1, -0.05) is 11.6 Å². The predicted molar refractivity (Wildman–Crippen MR) is 71.5 cm³/mol. The number of nitrogens with two attached hydrogens (primary N) is 1.